The van der Waals surface area contributed by atoms with E-state index in [9.17, 15) is 4.79 Å². The molecule has 1 aliphatic rings. The fourth-order valence-corrected chi connectivity index (χ4v) is 3.67. The summed E-state index contributed by atoms with van der Waals surface area (Å²) in [5.74, 6) is 0.908. The van der Waals surface area contributed by atoms with Crippen molar-refractivity contribution in [3.63, 3.8) is 0 Å². The highest BCUT2D eigenvalue weighted by Crippen LogP contribution is 2.31. The zero-order chi connectivity index (χ0) is 16.8. The lowest BCUT2D eigenvalue weighted by molar-refractivity contribution is -0.123. The molecule has 0 spiro atoms. The molecule has 1 unspecified atom stereocenters. The van der Waals surface area contributed by atoms with Gasteiger partial charge in [0.05, 0.1) is 19.2 Å². The Bertz CT molecular complexity index is 684. The number of para-hydroxylation sites is 1. The summed E-state index contributed by atoms with van der Waals surface area (Å²) >= 11 is 1.71. The molecule has 1 N–H and O–H groups in total. The number of carbonyl (C=O) groups is 1. The maximum absolute atomic E-state index is 12.5. The number of rotatable bonds is 7. The summed E-state index contributed by atoms with van der Waals surface area (Å²) in [6, 6.07) is 12.1. The first-order valence-electron chi connectivity index (χ1n) is 8.13. The molecule has 1 amide bonds. The van der Waals surface area contributed by atoms with E-state index < -0.39 is 0 Å². The molecule has 5 heteroatoms. The van der Waals surface area contributed by atoms with Crippen molar-refractivity contribution < 1.29 is 9.53 Å². The van der Waals surface area contributed by atoms with Gasteiger partial charge in [-0.25, -0.2) is 0 Å². The first kappa shape index (κ1) is 16.7. The van der Waals surface area contributed by atoms with E-state index in [2.05, 4.69) is 28.2 Å². The molecule has 2 heterocycles. The number of fused-ring (bicyclic) bond motifs is 1. The van der Waals surface area contributed by atoms with Crippen LogP contribution in [-0.4, -0.2) is 30.5 Å². The highest BCUT2D eigenvalue weighted by Gasteiger charge is 2.23. The van der Waals surface area contributed by atoms with Crippen LogP contribution < -0.4 is 10.1 Å². The third-order valence-corrected chi connectivity index (χ3v) is 4.87. The van der Waals surface area contributed by atoms with Crippen LogP contribution in [0.1, 0.15) is 22.9 Å². The van der Waals surface area contributed by atoms with E-state index in [1.54, 1.807) is 11.3 Å². The fraction of sp³-hybridized carbons (Fsp3) is 0.316. The van der Waals surface area contributed by atoms with Gasteiger partial charge in [0.2, 0.25) is 5.91 Å². The predicted octanol–water partition coefficient (Wildman–Crippen LogP) is 3.38. The van der Waals surface area contributed by atoms with Crippen molar-refractivity contribution in [2.24, 2.45) is 0 Å². The molecule has 0 radical (unpaired) electrons. The molecule has 0 fully saturated rings. The lowest BCUT2D eigenvalue weighted by atomic mass is 10.0. The highest BCUT2D eigenvalue weighted by molar-refractivity contribution is 7.09. The van der Waals surface area contributed by atoms with Crippen LogP contribution in [0.15, 0.2) is 54.4 Å². The molecule has 2 aromatic rings. The van der Waals surface area contributed by atoms with Crippen molar-refractivity contribution in [2.75, 3.05) is 19.7 Å². The zero-order valence-corrected chi connectivity index (χ0v) is 14.4. The molecule has 1 aromatic carbocycles. The maximum atomic E-state index is 12.5. The minimum absolute atomic E-state index is 0.0229. The molecule has 126 valence electrons. The zero-order valence-electron chi connectivity index (χ0n) is 13.6. The third kappa shape index (κ3) is 4.24. The summed E-state index contributed by atoms with van der Waals surface area (Å²) in [5.41, 5.74) is 1.06. The van der Waals surface area contributed by atoms with Gasteiger partial charge in [-0.3, -0.25) is 9.69 Å². The summed E-state index contributed by atoms with van der Waals surface area (Å²) in [7, 11) is 0. The van der Waals surface area contributed by atoms with Gasteiger partial charge in [-0.15, -0.1) is 17.9 Å². The molecule has 1 atom stereocenters. The lowest BCUT2D eigenvalue weighted by Crippen LogP contribution is -2.40. The summed E-state index contributed by atoms with van der Waals surface area (Å²) in [6.45, 7) is 6.25. The number of hydrogen-bond acceptors (Lipinski definition) is 4. The SMILES string of the molecule is C=CCN(CC(=O)NC1CCOc2ccccc21)Cc1cccs1. The maximum Gasteiger partial charge on any atom is 0.234 e. The van der Waals surface area contributed by atoms with Crippen LogP contribution in [0, 0.1) is 0 Å². The van der Waals surface area contributed by atoms with Gasteiger partial charge in [0.15, 0.2) is 0 Å². The minimum atomic E-state index is 0.0229. The second-order valence-electron chi connectivity index (χ2n) is 5.83. The first-order valence-corrected chi connectivity index (χ1v) is 9.01. The molecular formula is C19H22N2O2S. The third-order valence-electron chi connectivity index (χ3n) is 4.01. The Labute approximate surface area is 146 Å². The van der Waals surface area contributed by atoms with Crippen LogP contribution in [0.25, 0.3) is 0 Å². The number of nitrogens with one attached hydrogen (secondary N) is 1. The van der Waals surface area contributed by atoms with E-state index in [0.717, 1.165) is 24.3 Å². The molecule has 1 aliphatic heterocycles. The van der Waals surface area contributed by atoms with Gasteiger partial charge < -0.3 is 10.1 Å². The van der Waals surface area contributed by atoms with Crippen molar-refractivity contribution in [3.05, 3.63) is 64.9 Å². The standard InChI is InChI=1S/C19H22N2O2S/c1-2-10-21(13-15-6-5-12-24-15)14-19(22)20-17-9-11-23-18-8-4-3-7-16(17)18/h2-8,12,17H,1,9-11,13-14H2,(H,20,22). The topological polar surface area (TPSA) is 41.6 Å². The van der Waals surface area contributed by atoms with E-state index >= 15 is 0 Å². The number of ether oxygens (including phenoxy) is 1. The average Bonchev–Trinajstić information content (AvgIpc) is 3.08. The van der Waals surface area contributed by atoms with Crippen molar-refractivity contribution in [3.8, 4) is 5.75 Å². The molecule has 1 aromatic heterocycles. The summed E-state index contributed by atoms with van der Waals surface area (Å²) in [5, 5.41) is 5.21. The van der Waals surface area contributed by atoms with Gasteiger partial charge in [-0.1, -0.05) is 30.3 Å². The first-order chi connectivity index (χ1) is 11.8. The average molecular weight is 342 g/mol. The molecule has 4 nitrogen and oxygen atoms in total. The van der Waals surface area contributed by atoms with Crippen molar-refractivity contribution >= 4 is 17.2 Å². The van der Waals surface area contributed by atoms with E-state index in [-0.39, 0.29) is 11.9 Å². The van der Waals surface area contributed by atoms with Gasteiger partial charge in [0.1, 0.15) is 5.75 Å². The van der Waals surface area contributed by atoms with E-state index in [1.807, 2.05) is 36.4 Å². The van der Waals surface area contributed by atoms with Crippen LogP contribution in [0.5, 0.6) is 5.75 Å². The van der Waals surface area contributed by atoms with Crippen LogP contribution in [0.3, 0.4) is 0 Å². The molecule has 24 heavy (non-hydrogen) atoms. The molecular weight excluding hydrogens is 320 g/mol. The Morgan fingerprint density at radius 1 is 1.38 bits per heavy atom. The molecule has 0 bridgehead atoms. The number of amides is 1. The quantitative estimate of drug-likeness (QED) is 0.785. The number of benzene rings is 1. The van der Waals surface area contributed by atoms with Gasteiger partial charge in [0.25, 0.3) is 0 Å². The number of carbonyl (C=O) groups excluding carboxylic acids is 1. The second kappa shape index (κ2) is 8.13. The Hall–Kier alpha value is -2.11. The van der Waals surface area contributed by atoms with E-state index in [1.165, 1.54) is 4.88 Å². The van der Waals surface area contributed by atoms with Gasteiger partial charge in [-0.2, -0.15) is 0 Å². The second-order valence-corrected chi connectivity index (χ2v) is 6.86. The Balaban J connectivity index is 1.61. The molecule has 0 saturated heterocycles. The number of nitrogens with zero attached hydrogens (tertiary/aromatic N) is 1. The molecule has 0 saturated carbocycles. The van der Waals surface area contributed by atoms with Crippen LogP contribution >= 0.6 is 11.3 Å². The minimum Gasteiger partial charge on any atom is -0.493 e. The monoisotopic (exact) mass is 342 g/mol. The number of thiophene rings is 1. The summed E-state index contributed by atoms with van der Waals surface area (Å²) < 4.78 is 5.65. The summed E-state index contributed by atoms with van der Waals surface area (Å²) in [4.78, 5) is 15.9. The van der Waals surface area contributed by atoms with Crippen LogP contribution in [0.4, 0.5) is 0 Å². The fourth-order valence-electron chi connectivity index (χ4n) is 2.93. The van der Waals surface area contributed by atoms with Crippen LogP contribution in [0.2, 0.25) is 0 Å². The van der Waals surface area contributed by atoms with E-state index in [0.29, 0.717) is 19.7 Å². The van der Waals surface area contributed by atoms with Crippen molar-refractivity contribution in [1.29, 1.82) is 0 Å². The van der Waals surface area contributed by atoms with Crippen LogP contribution in [-0.2, 0) is 11.3 Å². The Morgan fingerprint density at radius 3 is 3.04 bits per heavy atom. The summed E-state index contributed by atoms with van der Waals surface area (Å²) in [6.07, 6.45) is 2.64. The van der Waals surface area contributed by atoms with E-state index in [4.69, 9.17) is 4.74 Å². The van der Waals surface area contributed by atoms with Crippen molar-refractivity contribution in [2.45, 2.75) is 19.0 Å². The normalized spacial score (nSPS) is 16.3. The van der Waals surface area contributed by atoms with Crippen molar-refractivity contribution in [1.82, 2.24) is 10.2 Å². The number of hydrogen-bond donors (Lipinski definition) is 1. The largest absolute Gasteiger partial charge is 0.493 e. The smallest absolute Gasteiger partial charge is 0.234 e. The van der Waals surface area contributed by atoms with Gasteiger partial charge in [-0.05, 0) is 17.5 Å². The highest BCUT2D eigenvalue weighted by atomic mass is 32.1. The van der Waals surface area contributed by atoms with Gasteiger partial charge in [0, 0.05) is 30.0 Å². The predicted molar refractivity (Wildman–Crippen MR) is 97.2 cm³/mol. The van der Waals surface area contributed by atoms with Gasteiger partial charge >= 0.3 is 0 Å². The Morgan fingerprint density at radius 2 is 2.25 bits per heavy atom. The molecule has 3 rings (SSSR count). The Kier molecular flexibility index (Phi) is 5.67. The lowest BCUT2D eigenvalue weighted by Gasteiger charge is -2.28. The molecule has 0 aliphatic carbocycles.